The molecule has 2 aromatic carbocycles. The number of hydrogen-bond donors (Lipinski definition) is 0. The van der Waals surface area contributed by atoms with Gasteiger partial charge in [-0.15, -0.1) is 10.2 Å². The van der Waals surface area contributed by atoms with Crippen LogP contribution in [0.3, 0.4) is 0 Å². The van der Waals surface area contributed by atoms with E-state index in [2.05, 4.69) is 24.9 Å². The Morgan fingerprint density at radius 2 is 2.03 bits per heavy atom. The van der Waals surface area contributed by atoms with Gasteiger partial charge in [0.1, 0.15) is 5.75 Å². The van der Waals surface area contributed by atoms with Crippen LogP contribution in [0.4, 0.5) is 0 Å². The van der Waals surface area contributed by atoms with E-state index in [4.69, 9.17) is 25.6 Å². The molecule has 0 radical (unpaired) electrons. The van der Waals surface area contributed by atoms with E-state index in [1.165, 1.54) is 11.8 Å². The summed E-state index contributed by atoms with van der Waals surface area (Å²) in [7, 11) is 1.65. The van der Waals surface area contributed by atoms with Crippen LogP contribution in [0.1, 0.15) is 18.7 Å². The van der Waals surface area contributed by atoms with Gasteiger partial charge in [0.15, 0.2) is 11.0 Å². The van der Waals surface area contributed by atoms with Gasteiger partial charge in [0.25, 0.3) is 0 Å². The van der Waals surface area contributed by atoms with E-state index in [1.54, 1.807) is 7.11 Å². The number of rotatable bonds is 8. The lowest BCUT2D eigenvalue weighted by Crippen LogP contribution is -2.16. The number of hydrogen-bond acceptors (Lipinski definition) is 8. The molecule has 1 saturated heterocycles. The van der Waals surface area contributed by atoms with Crippen LogP contribution in [0, 0.1) is 0 Å². The molecule has 170 valence electrons. The Kier molecular flexibility index (Phi) is 6.61. The van der Waals surface area contributed by atoms with Crippen molar-refractivity contribution in [1.82, 2.24) is 24.9 Å². The minimum Gasteiger partial charge on any atom is -0.497 e. The van der Waals surface area contributed by atoms with Crippen molar-refractivity contribution in [2.45, 2.75) is 36.4 Å². The molecule has 1 aliphatic heterocycles. The van der Waals surface area contributed by atoms with E-state index >= 15 is 0 Å². The topological polar surface area (TPSA) is 88.1 Å². The Balaban J connectivity index is 1.36. The summed E-state index contributed by atoms with van der Waals surface area (Å²) in [5.74, 6) is 3.08. The fourth-order valence-corrected chi connectivity index (χ4v) is 4.67. The minimum atomic E-state index is 0.148. The number of benzene rings is 2. The summed E-state index contributed by atoms with van der Waals surface area (Å²) in [6.07, 6.45) is 2.24. The minimum absolute atomic E-state index is 0.148. The third-order valence-corrected chi connectivity index (χ3v) is 6.54. The van der Waals surface area contributed by atoms with Crippen molar-refractivity contribution < 1.29 is 14.0 Å². The molecule has 1 fully saturated rings. The third-order valence-electron chi connectivity index (χ3n) is 5.35. The third kappa shape index (κ3) is 5.05. The quantitative estimate of drug-likeness (QED) is 0.319. The summed E-state index contributed by atoms with van der Waals surface area (Å²) in [5, 5.41) is 14.4. The summed E-state index contributed by atoms with van der Waals surface area (Å²) in [6.45, 7) is 1.48. The van der Waals surface area contributed by atoms with Crippen molar-refractivity contribution >= 4 is 23.4 Å². The van der Waals surface area contributed by atoms with Gasteiger partial charge in [-0.3, -0.25) is 4.57 Å². The Hall–Kier alpha value is -2.88. The van der Waals surface area contributed by atoms with E-state index in [0.717, 1.165) is 47.3 Å². The molecule has 8 nitrogen and oxygen atoms in total. The van der Waals surface area contributed by atoms with Crippen molar-refractivity contribution in [3.05, 3.63) is 59.4 Å². The van der Waals surface area contributed by atoms with Crippen LogP contribution in [-0.4, -0.2) is 44.7 Å². The highest BCUT2D eigenvalue weighted by atomic mass is 35.5. The maximum atomic E-state index is 6.07. The molecule has 1 atom stereocenters. The molecule has 1 unspecified atom stereocenters. The Morgan fingerprint density at radius 3 is 2.79 bits per heavy atom. The van der Waals surface area contributed by atoms with E-state index in [1.807, 2.05) is 48.5 Å². The van der Waals surface area contributed by atoms with E-state index in [9.17, 15) is 0 Å². The van der Waals surface area contributed by atoms with Crippen molar-refractivity contribution in [3.63, 3.8) is 0 Å². The molecule has 3 heterocycles. The lowest BCUT2D eigenvalue weighted by molar-refractivity contribution is 0.0953. The van der Waals surface area contributed by atoms with Crippen LogP contribution >= 0.6 is 23.4 Å². The van der Waals surface area contributed by atoms with Crippen LogP contribution in [0.15, 0.2) is 58.2 Å². The van der Waals surface area contributed by atoms with E-state index in [0.29, 0.717) is 29.0 Å². The average Bonchev–Trinajstić information content (AvgIpc) is 3.60. The number of methoxy groups -OCH3 is 1. The first-order valence-electron chi connectivity index (χ1n) is 10.6. The summed E-state index contributed by atoms with van der Waals surface area (Å²) in [6, 6.07) is 15.2. The molecule has 33 heavy (non-hydrogen) atoms. The summed E-state index contributed by atoms with van der Waals surface area (Å²) < 4.78 is 18.7. The number of ether oxygens (including phenoxy) is 2. The van der Waals surface area contributed by atoms with Crippen molar-refractivity contribution in [3.8, 4) is 28.5 Å². The Bertz CT molecular complexity index is 1220. The van der Waals surface area contributed by atoms with Gasteiger partial charge in [0, 0.05) is 22.8 Å². The summed E-state index contributed by atoms with van der Waals surface area (Å²) >= 11 is 7.58. The molecule has 0 saturated carbocycles. The van der Waals surface area contributed by atoms with Gasteiger partial charge in [-0.25, -0.2) is 0 Å². The first kappa shape index (κ1) is 21.9. The van der Waals surface area contributed by atoms with Gasteiger partial charge < -0.3 is 14.0 Å². The molecule has 4 aromatic rings. The molecule has 10 heteroatoms. The van der Waals surface area contributed by atoms with Gasteiger partial charge in [-0.05, 0) is 49.2 Å². The van der Waals surface area contributed by atoms with Gasteiger partial charge in [0.2, 0.25) is 11.7 Å². The number of thioether (sulfide) groups is 1. The second kappa shape index (κ2) is 9.94. The molecule has 0 bridgehead atoms. The van der Waals surface area contributed by atoms with Gasteiger partial charge >= 0.3 is 0 Å². The fourth-order valence-electron chi connectivity index (χ4n) is 3.69. The standard InChI is InChI=1S/C23H22ClN5O3S/c1-30-18-9-7-15(8-10-18)22-26-27-23(29(22)13-19-6-3-11-31-19)33-14-20-25-21(28-32-20)16-4-2-5-17(24)12-16/h2,4-5,7-10,12,19H,3,6,11,13-14H2,1H3. The molecule has 2 aromatic heterocycles. The second-order valence-electron chi connectivity index (χ2n) is 7.59. The first-order chi connectivity index (χ1) is 16.2. The van der Waals surface area contributed by atoms with Crippen LogP contribution < -0.4 is 4.74 Å². The van der Waals surface area contributed by atoms with Crippen molar-refractivity contribution in [2.24, 2.45) is 0 Å². The van der Waals surface area contributed by atoms with Crippen LogP contribution in [-0.2, 0) is 17.0 Å². The molecule has 5 rings (SSSR count). The molecule has 0 aliphatic carbocycles. The fraction of sp³-hybridized carbons (Fsp3) is 0.304. The predicted molar refractivity (Wildman–Crippen MR) is 125 cm³/mol. The Morgan fingerprint density at radius 1 is 1.15 bits per heavy atom. The monoisotopic (exact) mass is 483 g/mol. The smallest absolute Gasteiger partial charge is 0.237 e. The maximum absolute atomic E-state index is 6.07. The molecule has 0 spiro atoms. The summed E-state index contributed by atoms with van der Waals surface area (Å²) in [4.78, 5) is 4.50. The van der Waals surface area contributed by atoms with Gasteiger partial charge in [-0.2, -0.15) is 4.98 Å². The van der Waals surface area contributed by atoms with E-state index < -0.39 is 0 Å². The molecular weight excluding hydrogens is 462 g/mol. The van der Waals surface area contributed by atoms with Crippen molar-refractivity contribution in [2.75, 3.05) is 13.7 Å². The number of nitrogens with zero attached hydrogens (tertiary/aromatic N) is 5. The molecule has 0 N–H and O–H groups in total. The van der Waals surface area contributed by atoms with Crippen LogP contribution in [0.2, 0.25) is 5.02 Å². The maximum Gasteiger partial charge on any atom is 0.237 e. The van der Waals surface area contributed by atoms with Gasteiger partial charge in [0.05, 0.1) is 25.5 Å². The number of aromatic nitrogens is 5. The zero-order valence-electron chi connectivity index (χ0n) is 18.0. The van der Waals surface area contributed by atoms with Crippen molar-refractivity contribution in [1.29, 1.82) is 0 Å². The average molecular weight is 484 g/mol. The normalized spacial score (nSPS) is 15.8. The SMILES string of the molecule is COc1ccc(-c2nnc(SCc3nc(-c4cccc(Cl)c4)no3)n2CC2CCCO2)cc1. The van der Waals surface area contributed by atoms with Gasteiger partial charge in [-0.1, -0.05) is 40.7 Å². The van der Waals surface area contributed by atoms with E-state index in [-0.39, 0.29) is 6.10 Å². The predicted octanol–water partition coefficient (Wildman–Crippen LogP) is 5.13. The zero-order chi connectivity index (χ0) is 22.6. The first-order valence-corrected chi connectivity index (χ1v) is 12.0. The Labute approximate surface area is 200 Å². The largest absolute Gasteiger partial charge is 0.497 e. The molecule has 1 aliphatic rings. The second-order valence-corrected chi connectivity index (χ2v) is 8.97. The molecular formula is C23H22ClN5O3S. The molecule has 0 amide bonds. The number of halogens is 1. The summed E-state index contributed by atoms with van der Waals surface area (Å²) in [5.41, 5.74) is 1.78. The zero-order valence-corrected chi connectivity index (χ0v) is 19.6. The lowest BCUT2D eigenvalue weighted by atomic mass is 10.2. The highest BCUT2D eigenvalue weighted by molar-refractivity contribution is 7.98. The van der Waals surface area contributed by atoms with Crippen LogP contribution in [0.5, 0.6) is 5.75 Å². The van der Waals surface area contributed by atoms with Crippen LogP contribution in [0.25, 0.3) is 22.8 Å². The highest BCUT2D eigenvalue weighted by Gasteiger charge is 2.22. The highest BCUT2D eigenvalue weighted by Crippen LogP contribution is 2.29. The lowest BCUT2D eigenvalue weighted by Gasteiger charge is -2.14.